The number of nitrogens with zero attached hydrogens (tertiary/aromatic N) is 2. The molecule has 0 N–H and O–H groups in total. The van der Waals surface area contributed by atoms with Crippen LogP contribution >= 0.6 is 0 Å². The molecule has 2 unspecified atom stereocenters. The van der Waals surface area contributed by atoms with Gasteiger partial charge in [0.2, 0.25) is 0 Å². The molecule has 37 heavy (non-hydrogen) atoms. The van der Waals surface area contributed by atoms with Crippen LogP contribution < -0.4 is 4.90 Å². The normalized spacial score (nSPS) is 22.4. The van der Waals surface area contributed by atoms with Gasteiger partial charge in [0, 0.05) is 30.7 Å². The van der Waals surface area contributed by atoms with Crippen molar-refractivity contribution in [3.63, 3.8) is 0 Å². The highest BCUT2D eigenvalue weighted by Gasteiger charge is 2.41. The molecule has 1 aliphatic carbocycles. The molecule has 4 aliphatic rings. The van der Waals surface area contributed by atoms with Crippen molar-refractivity contribution in [3.05, 3.63) is 95.6 Å². The molecule has 188 valence electrons. The standard InChI is InChI=1S/C32H32N2O3/c35-32(37-21-31-29-7-3-1-5-27(29)28-6-2-4-8-30(28)31)34-25-13-14-26(34)20-23(19-25)22-9-11-24(12-10-22)33-15-17-36-18-16-33/h1-12,19,25-26,31H,13-18,20-21H2. The molecule has 3 aromatic rings. The van der Waals surface area contributed by atoms with Crippen LogP contribution in [0.15, 0.2) is 78.9 Å². The van der Waals surface area contributed by atoms with E-state index < -0.39 is 0 Å². The van der Waals surface area contributed by atoms with E-state index in [1.54, 1.807) is 0 Å². The van der Waals surface area contributed by atoms with Crippen LogP contribution in [-0.2, 0) is 9.47 Å². The fraction of sp³-hybridized carbons (Fsp3) is 0.344. The average molecular weight is 493 g/mol. The molecule has 2 bridgehead atoms. The van der Waals surface area contributed by atoms with Crippen molar-refractivity contribution >= 4 is 17.4 Å². The first kappa shape index (κ1) is 22.6. The van der Waals surface area contributed by atoms with Gasteiger partial charge in [0.15, 0.2) is 0 Å². The van der Waals surface area contributed by atoms with E-state index in [-0.39, 0.29) is 24.1 Å². The van der Waals surface area contributed by atoms with Gasteiger partial charge in [-0.3, -0.25) is 4.90 Å². The predicted molar refractivity (Wildman–Crippen MR) is 146 cm³/mol. The van der Waals surface area contributed by atoms with Crippen LogP contribution in [0, 0.1) is 0 Å². The molecule has 5 nitrogen and oxygen atoms in total. The zero-order chi connectivity index (χ0) is 24.8. The number of rotatable bonds is 4. The fourth-order valence-corrected chi connectivity index (χ4v) is 6.71. The molecule has 3 aromatic carbocycles. The lowest BCUT2D eigenvalue weighted by atomic mass is 9.94. The number of carbonyl (C=O) groups is 1. The number of anilines is 1. The quantitative estimate of drug-likeness (QED) is 0.442. The maximum Gasteiger partial charge on any atom is 0.410 e. The van der Waals surface area contributed by atoms with E-state index in [9.17, 15) is 4.79 Å². The SMILES string of the molecule is O=C(OCC1c2ccccc2-c2ccccc21)N1C2C=C(c3ccc(N4CCOCC4)cc3)CC1CC2. The van der Waals surface area contributed by atoms with Gasteiger partial charge in [-0.1, -0.05) is 66.7 Å². The Kier molecular flexibility index (Phi) is 5.74. The van der Waals surface area contributed by atoms with Gasteiger partial charge in [-0.2, -0.15) is 0 Å². The summed E-state index contributed by atoms with van der Waals surface area (Å²) >= 11 is 0. The Morgan fingerprint density at radius 1 is 0.865 bits per heavy atom. The molecule has 0 radical (unpaired) electrons. The minimum absolute atomic E-state index is 0.0925. The summed E-state index contributed by atoms with van der Waals surface area (Å²) in [5.74, 6) is 0.0925. The molecule has 1 amide bonds. The van der Waals surface area contributed by atoms with E-state index in [4.69, 9.17) is 9.47 Å². The van der Waals surface area contributed by atoms with Crippen molar-refractivity contribution < 1.29 is 14.3 Å². The third-order valence-electron chi connectivity index (χ3n) is 8.56. The van der Waals surface area contributed by atoms with Gasteiger partial charge in [0.05, 0.1) is 19.3 Å². The lowest BCUT2D eigenvalue weighted by Gasteiger charge is -2.34. The van der Waals surface area contributed by atoms with Crippen molar-refractivity contribution in [2.45, 2.75) is 37.3 Å². The van der Waals surface area contributed by atoms with E-state index in [0.29, 0.717) is 6.61 Å². The number of morpholine rings is 1. The highest BCUT2D eigenvalue weighted by Crippen LogP contribution is 2.45. The van der Waals surface area contributed by atoms with E-state index in [0.717, 1.165) is 45.6 Å². The highest BCUT2D eigenvalue weighted by atomic mass is 16.6. The Morgan fingerprint density at radius 2 is 1.54 bits per heavy atom. The molecule has 0 saturated carbocycles. The second kappa shape index (κ2) is 9.38. The van der Waals surface area contributed by atoms with Gasteiger partial charge < -0.3 is 14.4 Å². The van der Waals surface area contributed by atoms with Crippen LogP contribution in [0.2, 0.25) is 0 Å². The third kappa shape index (κ3) is 4.02. The smallest absolute Gasteiger partial charge is 0.410 e. The number of fused-ring (bicyclic) bond motifs is 5. The topological polar surface area (TPSA) is 42.0 Å². The minimum Gasteiger partial charge on any atom is -0.448 e. The Bertz CT molecular complexity index is 1300. The van der Waals surface area contributed by atoms with Crippen LogP contribution in [0.1, 0.15) is 41.9 Å². The fourth-order valence-electron chi connectivity index (χ4n) is 6.71. The molecular weight excluding hydrogens is 460 g/mol. The first-order chi connectivity index (χ1) is 18.3. The van der Waals surface area contributed by atoms with Crippen LogP contribution in [0.5, 0.6) is 0 Å². The van der Waals surface area contributed by atoms with Crippen molar-refractivity contribution in [1.82, 2.24) is 4.90 Å². The monoisotopic (exact) mass is 492 g/mol. The molecule has 2 saturated heterocycles. The van der Waals surface area contributed by atoms with Crippen LogP contribution in [0.3, 0.4) is 0 Å². The van der Waals surface area contributed by atoms with E-state index >= 15 is 0 Å². The maximum absolute atomic E-state index is 13.4. The van der Waals surface area contributed by atoms with E-state index in [1.807, 2.05) is 4.90 Å². The minimum atomic E-state index is -0.174. The zero-order valence-electron chi connectivity index (χ0n) is 21.0. The second-order valence-electron chi connectivity index (χ2n) is 10.6. The van der Waals surface area contributed by atoms with Gasteiger partial charge in [-0.15, -0.1) is 0 Å². The number of hydrogen-bond donors (Lipinski definition) is 0. The van der Waals surface area contributed by atoms with E-state index in [2.05, 4.69) is 83.8 Å². The third-order valence-corrected chi connectivity index (χ3v) is 8.56. The van der Waals surface area contributed by atoms with E-state index in [1.165, 1.54) is 39.1 Å². The number of hydrogen-bond acceptors (Lipinski definition) is 4. The van der Waals surface area contributed by atoms with Crippen molar-refractivity contribution in [3.8, 4) is 11.1 Å². The molecule has 0 aromatic heterocycles. The molecule has 5 heteroatoms. The summed E-state index contributed by atoms with van der Waals surface area (Å²) in [6.45, 7) is 3.86. The Morgan fingerprint density at radius 3 is 2.22 bits per heavy atom. The zero-order valence-corrected chi connectivity index (χ0v) is 21.0. The summed E-state index contributed by atoms with van der Waals surface area (Å²) in [7, 11) is 0. The molecule has 0 spiro atoms. The second-order valence-corrected chi connectivity index (χ2v) is 10.6. The van der Waals surface area contributed by atoms with Crippen LogP contribution in [0.4, 0.5) is 10.5 Å². The van der Waals surface area contributed by atoms with Gasteiger partial charge in [-0.05, 0) is 64.8 Å². The molecule has 2 fully saturated rings. The first-order valence-corrected chi connectivity index (χ1v) is 13.5. The number of ether oxygens (including phenoxy) is 2. The van der Waals surface area contributed by atoms with Gasteiger partial charge in [0.1, 0.15) is 6.61 Å². The lowest BCUT2D eigenvalue weighted by molar-refractivity contribution is 0.0866. The summed E-state index contributed by atoms with van der Waals surface area (Å²) in [5, 5.41) is 0. The Labute approximate surface area is 218 Å². The predicted octanol–water partition coefficient (Wildman–Crippen LogP) is 6.09. The molecule has 7 rings (SSSR count). The molecule has 3 heterocycles. The maximum atomic E-state index is 13.4. The highest BCUT2D eigenvalue weighted by molar-refractivity contribution is 5.79. The van der Waals surface area contributed by atoms with Gasteiger partial charge >= 0.3 is 6.09 Å². The first-order valence-electron chi connectivity index (χ1n) is 13.5. The van der Waals surface area contributed by atoms with Crippen molar-refractivity contribution in [1.29, 1.82) is 0 Å². The molecule has 2 atom stereocenters. The largest absolute Gasteiger partial charge is 0.448 e. The summed E-state index contributed by atoms with van der Waals surface area (Å²) in [6.07, 6.45) is 5.05. The Balaban J connectivity index is 1.05. The van der Waals surface area contributed by atoms with Crippen LogP contribution in [-0.4, -0.2) is 56.0 Å². The van der Waals surface area contributed by atoms with Crippen molar-refractivity contribution in [2.75, 3.05) is 37.8 Å². The Hall–Kier alpha value is -3.57. The number of amides is 1. The number of carbonyl (C=O) groups excluding carboxylic acids is 1. The molecule has 3 aliphatic heterocycles. The summed E-state index contributed by atoms with van der Waals surface area (Å²) in [4.78, 5) is 17.7. The summed E-state index contributed by atoms with van der Waals surface area (Å²) in [5.41, 5.74) is 8.88. The van der Waals surface area contributed by atoms with Crippen molar-refractivity contribution in [2.24, 2.45) is 0 Å². The summed E-state index contributed by atoms with van der Waals surface area (Å²) in [6, 6.07) is 26.2. The lowest BCUT2D eigenvalue weighted by Crippen LogP contribution is -2.43. The average Bonchev–Trinajstić information content (AvgIpc) is 3.42. The van der Waals surface area contributed by atoms with Gasteiger partial charge in [-0.25, -0.2) is 4.79 Å². The number of benzene rings is 3. The van der Waals surface area contributed by atoms with Crippen LogP contribution in [0.25, 0.3) is 16.7 Å². The summed E-state index contributed by atoms with van der Waals surface area (Å²) < 4.78 is 11.5. The molecular formula is C32H32N2O3. The van der Waals surface area contributed by atoms with Gasteiger partial charge in [0.25, 0.3) is 0 Å².